The van der Waals surface area contributed by atoms with E-state index in [9.17, 15) is 4.79 Å². The van der Waals surface area contributed by atoms with E-state index in [4.69, 9.17) is 5.10 Å². The van der Waals surface area contributed by atoms with E-state index in [1.54, 1.807) is 16.4 Å². The van der Waals surface area contributed by atoms with Crippen molar-refractivity contribution in [3.05, 3.63) is 75.4 Å². The number of carbonyl (C=O) groups excluding carboxylic acids is 1. The Labute approximate surface area is 188 Å². The van der Waals surface area contributed by atoms with Crippen molar-refractivity contribution < 1.29 is 4.79 Å². The molecule has 6 nitrogen and oxygen atoms in total. The zero-order valence-corrected chi connectivity index (χ0v) is 19.3. The molecule has 3 aromatic rings. The monoisotopic (exact) mass is 483 g/mol. The van der Waals surface area contributed by atoms with Crippen molar-refractivity contribution in [3.63, 3.8) is 0 Å². The summed E-state index contributed by atoms with van der Waals surface area (Å²) in [6.07, 6.45) is 0. The minimum Gasteiger partial charge on any atom is -0.328 e. The van der Waals surface area contributed by atoms with E-state index in [1.807, 2.05) is 62.4 Å². The van der Waals surface area contributed by atoms with Crippen LogP contribution in [0.15, 0.2) is 69.4 Å². The molecular formula is C22H22BrN5OS. The molecule has 0 saturated carbocycles. The summed E-state index contributed by atoms with van der Waals surface area (Å²) in [5.41, 5.74) is 4.15. The van der Waals surface area contributed by atoms with E-state index in [0.29, 0.717) is 16.7 Å². The van der Waals surface area contributed by atoms with Crippen molar-refractivity contribution in [1.29, 1.82) is 0 Å². The number of nitrogens with one attached hydrogen (secondary N) is 2. The first-order chi connectivity index (χ1) is 14.5. The van der Waals surface area contributed by atoms with Gasteiger partial charge in [0, 0.05) is 15.9 Å². The highest BCUT2D eigenvalue weighted by molar-refractivity contribution is 9.10. The topological polar surface area (TPSA) is 71.8 Å². The molecule has 2 heterocycles. The van der Waals surface area contributed by atoms with E-state index in [0.717, 1.165) is 32.7 Å². The highest BCUT2D eigenvalue weighted by Crippen LogP contribution is 2.37. The fourth-order valence-corrected chi connectivity index (χ4v) is 4.29. The van der Waals surface area contributed by atoms with Crippen LogP contribution in [0.3, 0.4) is 0 Å². The molecule has 1 atom stereocenters. The smallest absolute Gasteiger partial charge is 0.255 e. The zero-order valence-electron chi connectivity index (χ0n) is 16.9. The fraction of sp³-hybridized carbons (Fsp3) is 0.227. The van der Waals surface area contributed by atoms with Gasteiger partial charge in [0.25, 0.3) is 5.91 Å². The third-order valence-corrected chi connectivity index (χ3v) is 6.18. The maximum absolute atomic E-state index is 13.4. The Kier molecular flexibility index (Phi) is 5.97. The highest BCUT2D eigenvalue weighted by atomic mass is 79.9. The number of benzene rings is 2. The molecule has 0 spiro atoms. The van der Waals surface area contributed by atoms with Gasteiger partial charge in [-0.25, -0.2) is 4.68 Å². The second-order valence-corrected chi connectivity index (χ2v) is 9.13. The number of fused-ring (bicyclic) bond motifs is 1. The molecule has 0 radical (unpaired) electrons. The van der Waals surface area contributed by atoms with Crippen LogP contribution in [0.5, 0.6) is 0 Å². The number of aromatic nitrogens is 3. The number of thioether (sulfide) groups is 1. The van der Waals surface area contributed by atoms with Gasteiger partial charge in [-0.3, -0.25) is 4.79 Å². The molecule has 154 valence electrons. The van der Waals surface area contributed by atoms with E-state index < -0.39 is 0 Å². The SMILES string of the molecule is CCSc1nc2n(n1)[C@H](c1ccc(Br)cc1)C(C(=O)Nc1ccccc1C)=C(C)N2. The normalized spacial score (nSPS) is 15.5. The van der Waals surface area contributed by atoms with E-state index in [-0.39, 0.29) is 11.9 Å². The quantitative estimate of drug-likeness (QED) is 0.476. The maximum Gasteiger partial charge on any atom is 0.255 e. The molecule has 1 aromatic heterocycles. The van der Waals surface area contributed by atoms with Crippen LogP contribution in [0, 0.1) is 6.92 Å². The number of aryl methyl sites for hydroxylation is 1. The number of hydrogen-bond acceptors (Lipinski definition) is 5. The third-order valence-electron chi connectivity index (χ3n) is 4.93. The van der Waals surface area contributed by atoms with Gasteiger partial charge >= 0.3 is 0 Å². The van der Waals surface area contributed by atoms with Gasteiger partial charge in [-0.1, -0.05) is 64.9 Å². The molecule has 1 aliphatic rings. The first kappa shape index (κ1) is 20.7. The standard InChI is InChI=1S/C22H22BrN5OS/c1-4-30-22-26-21-24-14(3)18(20(29)25-17-8-6-5-7-13(17)2)19(28(21)27-22)15-9-11-16(23)12-10-15/h5-12,19H,4H2,1-3H3,(H,25,29)(H,24,26,27)/t19-/m1/s1. The summed E-state index contributed by atoms with van der Waals surface area (Å²) in [6.45, 7) is 5.95. The molecule has 30 heavy (non-hydrogen) atoms. The molecular weight excluding hydrogens is 462 g/mol. The average Bonchev–Trinajstić information content (AvgIpc) is 3.11. The second-order valence-electron chi connectivity index (χ2n) is 6.98. The minimum atomic E-state index is -0.378. The molecule has 1 aliphatic heterocycles. The van der Waals surface area contributed by atoms with E-state index >= 15 is 0 Å². The molecule has 4 rings (SSSR count). The van der Waals surface area contributed by atoms with Gasteiger partial charge in [0.05, 0.1) is 5.57 Å². The Bertz CT molecular complexity index is 1120. The lowest BCUT2D eigenvalue weighted by Gasteiger charge is -2.28. The van der Waals surface area contributed by atoms with Crippen molar-refractivity contribution in [3.8, 4) is 0 Å². The van der Waals surface area contributed by atoms with Crippen LogP contribution in [0.1, 0.15) is 31.0 Å². The molecule has 2 aromatic carbocycles. The fourth-order valence-electron chi connectivity index (χ4n) is 3.47. The number of hydrogen-bond donors (Lipinski definition) is 2. The number of carbonyl (C=O) groups is 1. The van der Waals surface area contributed by atoms with Crippen molar-refractivity contribution in [2.24, 2.45) is 0 Å². The van der Waals surface area contributed by atoms with Gasteiger partial charge in [0.1, 0.15) is 6.04 Å². The molecule has 0 saturated heterocycles. The van der Waals surface area contributed by atoms with Crippen LogP contribution in [0.25, 0.3) is 0 Å². The van der Waals surface area contributed by atoms with Crippen LogP contribution < -0.4 is 10.6 Å². The Morgan fingerprint density at radius 1 is 1.20 bits per heavy atom. The Morgan fingerprint density at radius 2 is 1.93 bits per heavy atom. The zero-order chi connectivity index (χ0) is 21.3. The number of allylic oxidation sites excluding steroid dienone is 1. The van der Waals surface area contributed by atoms with Gasteiger partial charge in [0.15, 0.2) is 0 Å². The summed E-state index contributed by atoms with van der Waals surface area (Å²) in [5.74, 6) is 1.36. The maximum atomic E-state index is 13.4. The summed E-state index contributed by atoms with van der Waals surface area (Å²) in [4.78, 5) is 18.0. The van der Waals surface area contributed by atoms with Crippen LogP contribution in [0.2, 0.25) is 0 Å². The van der Waals surface area contributed by atoms with Crippen molar-refractivity contribution in [1.82, 2.24) is 14.8 Å². The number of amides is 1. The lowest BCUT2D eigenvalue weighted by Crippen LogP contribution is -2.31. The minimum absolute atomic E-state index is 0.159. The number of rotatable bonds is 5. The lowest BCUT2D eigenvalue weighted by molar-refractivity contribution is -0.113. The first-order valence-corrected chi connectivity index (χ1v) is 11.5. The number of nitrogens with zero attached hydrogens (tertiary/aromatic N) is 3. The Balaban J connectivity index is 1.78. The predicted molar refractivity (Wildman–Crippen MR) is 125 cm³/mol. The predicted octanol–water partition coefficient (Wildman–Crippen LogP) is 5.39. The van der Waals surface area contributed by atoms with Gasteiger partial charge in [0.2, 0.25) is 11.1 Å². The molecule has 8 heteroatoms. The van der Waals surface area contributed by atoms with Gasteiger partial charge in [-0.2, -0.15) is 4.98 Å². The Morgan fingerprint density at radius 3 is 2.63 bits per heavy atom. The summed E-state index contributed by atoms with van der Waals surface area (Å²) in [6, 6.07) is 15.3. The average molecular weight is 484 g/mol. The molecule has 1 amide bonds. The van der Waals surface area contributed by atoms with Crippen LogP contribution >= 0.6 is 27.7 Å². The Hall–Kier alpha value is -2.58. The van der Waals surface area contributed by atoms with Gasteiger partial charge < -0.3 is 10.6 Å². The number of para-hydroxylation sites is 1. The second kappa shape index (κ2) is 8.65. The summed E-state index contributed by atoms with van der Waals surface area (Å²) >= 11 is 5.07. The van der Waals surface area contributed by atoms with Crippen LogP contribution in [-0.2, 0) is 4.79 Å². The third kappa shape index (κ3) is 4.02. The summed E-state index contributed by atoms with van der Waals surface area (Å²) < 4.78 is 2.79. The van der Waals surface area contributed by atoms with Crippen molar-refractivity contribution in [2.75, 3.05) is 16.4 Å². The molecule has 2 N–H and O–H groups in total. The summed E-state index contributed by atoms with van der Waals surface area (Å²) in [5, 5.41) is 11.7. The van der Waals surface area contributed by atoms with Gasteiger partial charge in [-0.05, 0) is 48.9 Å². The number of halogens is 1. The lowest BCUT2D eigenvalue weighted by atomic mass is 9.95. The molecule has 0 unspecified atom stereocenters. The van der Waals surface area contributed by atoms with E-state index in [2.05, 4.69) is 38.5 Å². The first-order valence-electron chi connectivity index (χ1n) is 9.67. The van der Waals surface area contributed by atoms with Crippen molar-refractivity contribution >= 4 is 45.2 Å². The highest BCUT2D eigenvalue weighted by Gasteiger charge is 2.34. The number of anilines is 2. The molecule has 0 aliphatic carbocycles. The van der Waals surface area contributed by atoms with Crippen LogP contribution in [-0.4, -0.2) is 26.4 Å². The van der Waals surface area contributed by atoms with Crippen molar-refractivity contribution in [2.45, 2.75) is 32.0 Å². The summed E-state index contributed by atoms with van der Waals surface area (Å²) in [7, 11) is 0. The molecule has 0 fully saturated rings. The largest absolute Gasteiger partial charge is 0.328 e. The molecule has 0 bridgehead atoms. The van der Waals surface area contributed by atoms with E-state index in [1.165, 1.54) is 0 Å². The van der Waals surface area contributed by atoms with Crippen LogP contribution in [0.4, 0.5) is 11.6 Å². The van der Waals surface area contributed by atoms with Gasteiger partial charge in [-0.15, -0.1) is 5.10 Å².